The summed E-state index contributed by atoms with van der Waals surface area (Å²) in [6.07, 6.45) is -7.41. The number of ether oxygens (including phenoxy) is 5. The Kier molecular flexibility index (Phi) is 10.3. The van der Waals surface area contributed by atoms with Crippen LogP contribution in [0, 0.1) is 46.8 Å². The minimum Gasteiger partial charge on any atom is -0.458 e. The van der Waals surface area contributed by atoms with E-state index in [2.05, 4.69) is 11.8 Å². The molecular weight excluding hydrogens is 746 g/mol. The molecule has 7 rings (SSSR count). The van der Waals surface area contributed by atoms with Crippen LogP contribution in [0.3, 0.4) is 0 Å². The molecule has 3 saturated heterocycles. The van der Waals surface area contributed by atoms with Crippen molar-refractivity contribution in [3.63, 3.8) is 0 Å². The zero-order chi connectivity index (χ0) is 42.2. The Balaban J connectivity index is 1.45. The Morgan fingerprint density at radius 3 is 2.12 bits per heavy atom. The summed E-state index contributed by atoms with van der Waals surface area (Å²) in [5.74, 6) is -11.5. The average molecular weight is 810 g/mol. The van der Waals surface area contributed by atoms with Gasteiger partial charge in [0.25, 0.3) is 0 Å². The van der Waals surface area contributed by atoms with Gasteiger partial charge in [-0.05, 0) is 77.0 Å². The summed E-state index contributed by atoms with van der Waals surface area (Å²) < 4.78 is 31.1. The highest BCUT2D eigenvalue weighted by atomic mass is 16.7. The minimum atomic E-state index is -2.47. The lowest BCUT2D eigenvalue weighted by Crippen LogP contribution is -2.78. The highest BCUT2D eigenvalue weighted by Gasteiger charge is 2.90. The summed E-state index contributed by atoms with van der Waals surface area (Å²) in [4.78, 5) is 55.6. The Labute approximate surface area is 333 Å². The van der Waals surface area contributed by atoms with E-state index in [9.17, 15) is 49.8 Å². The van der Waals surface area contributed by atoms with Crippen molar-refractivity contribution >= 4 is 23.9 Å². The minimum absolute atomic E-state index is 0.0170. The molecule has 3 aliphatic heterocycles. The van der Waals surface area contributed by atoms with Crippen LogP contribution < -0.4 is 0 Å². The molecule has 4 aliphatic carbocycles. The summed E-state index contributed by atoms with van der Waals surface area (Å²) in [6, 6.07) is -0.329. The molecule has 7 fully saturated rings. The van der Waals surface area contributed by atoms with E-state index in [-0.39, 0.29) is 25.3 Å². The second kappa shape index (κ2) is 13.8. The normalized spacial score (nSPS) is 50.4. The topological polar surface area (TPSA) is 239 Å². The summed E-state index contributed by atoms with van der Waals surface area (Å²) >= 11 is 0. The van der Waals surface area contributed by atoms with Gasteiger partial charge in [-0.25, -0.2) is 4.79 Å². The Bertz CT molecular complexity index is 1650. The number of hydrogen-bond acceptors (Lipinski definition) is 16. The summed E-state index contributed by atoms with van der Waals surface area (Å²) in [6.45, 7) is 14.7. The van der Waals surface area contributed by atoms with Crippen LogP contribution in [0.5, 0.6) is 0 Å². The second-order valence-corrected chi connectivity index (χ2v) is 19.4. The number of nitrogens with zero attached hydrogens (tertiary/aromatic N) is 1. The maximum atomic E-state index is 13.9. The molecule has 0 aromatic carbocycles. The van der Waals surface area contributed by atoms with Crippen molar-refractivity contribution < 1.29 is 73.5 Å². The molecule has 16 nitrogen and oxygen atoms in total. The van der Waals surface area contributed by atoms with E-state index < -0.39 is 130 Å². The third kappa shape index (κ3) is 5.81. The molecule has 322 valence electrons. The molecule has 0 aromatic rings. The third-order valence-corrected chi connectivity index (χ3v) is 16.1. The van der Waals surface area contributed by atoms with Crippen molar-refractivity contribution in [2.75, 3.05) is 13.1 Å². The first-order valence-corrected chi connectivity index (χ1v) is 20.8. The number of carbonyl (C=O) groups is 4. The molecule has 0 amide bonds. The van der Waals surface area contributed by atoms with Crippen LogP contribution in [0.1, 0.15) is 101 Å². The number of hydrogen-bond donors (Lipinski definition) is 6. The van der Waals surface area contributed by atoms with Crippen molar-refractivity contribution in [3.05, 3.63) is 0 Å². The highest BCUT2D eigenvalue weighted by Crippen LogP contribution is 2.78. The van der Waals surface area contributed by atoms with Crippen molar-refractivity contribution in [2.45, 2.75) is 172 Å². The van der Waals surface area contributed by atoms with Gasteiger partial charge in [0.2, 0.25) is 5.79 Å². The van der Waals surface area contributed by atoms with E-state index in [1.54, 1.807) is 20.8 Å². The van der Waals surface area contributed by atoms with Crippen molar-refractivity contribution in [2.24, 2.45) is 46.8 Å². The molecule has 0 unspecified atom stereocenters. The van der Waals surface area contributed by atoms with Gasteiger partial charge in [0.05, 0.1) is 41.2 Å². The number of fused-ring (bicyclic) bond motifs is 5. The van der Waals surface area contributed by atoms with Gasteiger partial charge in [-0.2, -0.15) is 0 Å². The number of esters is 4. The van der Waals surface area contributed by atoms with Crippen LogP contribution in [-0.2, 0) is 42.9 Å². The molecule has 0 aromatic heterocycles. The molecule has 4 saturated carbocycles. The van der Waals surface area contributed by atoms with Crippen LogP contribution in [-0.4, -0.2) is 143 Å². The lowest BCUT2D eigenvalue weighted by atomic mass is 9.48. The predicted molar refractivity (Wildman–Crippen MR) is 196 cm³/mol. The number of aliphatic hydroxyl groups excluding tert-OH is 2. The lowest BCUT2D eigenvalue weighted by Gasteiger charge is -2.64. The maximum absolute atomic E-state index is 13.9. The van der Waals surface area contributed by atoms with Crippen LogP contribution in [0.4, 0.5) is 0 Å². The Morgan fingerprint density at radius 1 is 0.930 bits per heavy atom. The van der Waals surface area contributed by atoms with Crippen LogP contribution >= 0.6 is 0 Å². The lowest BCUT2D eigenvalue weighted by molar-refractivity contribution is -0.301. The van der Waals surface area contributed by atoms with Crippen molar-refractivity contribution in [1.29, 1.82) is 0 Å². The number of piperidine rings is 2. The Hall–Kier alpha value is -2.44. The van der Waals surface area contributed by atoms with Crippen LogP contribution in [0.15, 0.2) is 0 Å². The molecule has 16 heteroatoms. The number of rotatable bonds is 8. The number of aliphatic hydroxyl groups is 6. The predicted octanol–water partition coefficient (Wildman–Crippen LogP) is 0.578. The van der Waals surface area contributed by atoms with Gasteiger partial charge in [-0.1, -0.05) is 27.7 Å². The molecule has 20 atom stereocenters. The van der Waals surface area contributed by atoms with E-state index in [0.717, 1.165) is 27.2 Å². The van der Waals surface area contributed by atoms with Crippen LogP contribution in [0.25, 0.3) is 0 Å². The van der Waals surface area contributed by atoms with Gasteiger partial charge < -0.3 is 54.3 Å². The first kappa shape index (κ1) is 42.7. The molecule has 7 aliphatic rings. The van der Waals surface area contributed by atoms with Gasteiger partial charge in [-0.15, -0.1) is 0 Å². The first-order valence-electron chi connectivity index (χ1n) is 20.8. The van der Waals surface area contributed by atoms with E-state index in [0.29, 0.717) is 31.8 Å². The van der Waals surface area contributed by atoms with Crippen molar-refractivity contribution in [1.82, 2.24) is 4.90 Å². The van der Waals surface area contributed by atoms with E-state index in [1.807, 2.05) is 6.92 Å². The fraction of sp³-hybridized carbons (Fsp3) is 0.902. The van der Waals surface area contributed by atoms with Crippen LogP contribution in [0.2, 0.25) is 0 Å². The zero-order valence-corrected chi connectivity index (χ0v) is 34.5. The standard InChI is InChI=1S/C41H63NO15/c1-10-19(3)34(47)56-33-28(46)27-23(17-42-16-18(2)11-12-25(42)38(27,9)50)24-15-39-32(40(24,33)51)30(54-22(6)45)29(53-21(5)44)31-36(39,7)14-13-26(41(31,52)57-39)55-35(48)37(8,49)20(4)43/h18-20,23-33,43,46,49-52H,10-17H2,1-9H3/t18-,19-,20-,23-,24-,25-,26-,27+,28+,29-,30+,31-,32+,33-,36-,37-,38+,39+,40-,41+/m0/s1. The molecule has 3 heterocycles. The zero-order valence-electron chi connectivity index (χ0n) is 34.5. The summed E-state index contributed by atoms with van der Waals surface area (Å²) in [5.41, 5.74) is -9.03. The van der Waals surface area contributed by atoms with E-state index in [4.69, 9.17) is 23.7 Å². The summed E-state index contributed by atoms with van der Waals surface area (Å²) in [7, 11) is 0. The van der Waals surface area contributed by atoms with Gasteiger partial charge in [0.1, 0.15) is 17.8 Å². The van der Waals surface area contributed by atoms with Gasteiger partial charge in [0, 0.05) is 44.3 Å². The number of carbonyl (C=O) groups excluding carboxylic acids is 4. The molecular formula is C41H63NO15. The SMILES string of the molecule is CC[C@H](C)C(=O)O[C@H]1[C@H](O)[C@H]2[C@@H](CN3C[C@@H](C)CC[C@H]3[C@@]2(C)O)[C@@H]2C[C@]34O[C@]5(O)[C@@H](OC(=O)[C@@](C)(O)[C@H](C)O)CC[C@@]3(C)[C@@H]5[C@@H](OC(C)=O)[C@@H](OC(C)=O)[C@H]4[C@@]21O. The van der Waals surface area contributed by atoms with Gasteiger partial charge >= 0.3 is 23.9 Å². The fourth-order valence-electron chi connectivity index (χ4n) is 13.1. The maximum Gasteiger partial charge on any atom is 0.341 e. The van der Waals surface area contributed by atoms with Crippen molar-refractivity contribution in [3.8, 4) is 0 Å². The largest absolute Gasteiger partial charge is 0.458 e. The fourth-order valence-corrected chi connectivity index (χ4v) is 13.1. The quantitative estimate of drug-likeness (QED) is 0.145. The molecule has 0 radical (unpaired) electrons. The first-order chi connectivity index (χ1) is 26.3. The molecule has 1 spiro atoms. The third-order valence-electron chi connectivity index (χ3n) is 16.1. The van der Waals surface area contributed by atoms with Gasteiger partial charge in [-0.3, -0.25) is 19.3 Å². The monoisotopic (exact) mass is 809 g/mol. The molecule has 57 heavy (non-hydrogen) atoms. The van der Waals surface area contributed by atoms with E-state index in [1.165, 1.54) is 6.92 Å². The molecule has 4 bridgehead atoms. The van der Waals surface area contributed by atoms with Gasteiger partial charge in [0.15, 0.2) is 17.8 Å². The highest BCUT2D eigenvalue weighted by molar-refractivity contribution is 5.79. The average Bonchev–Trinajstić information content (AvgIpc) is 3.40. The Morgan fingerprint density at radius 2 is 1.54 bits per heavy atom. The second-order valence-electron chi connectivity index (χ2n) is 19.4. The van der Waals surface area contributed by atoms with E-state index >= 15 is 0 Å². The molecule has 6 N–H and O–H groups in total. The summed E-state index contributed by atoms with van der Waals surface area (Å²) in [5, 5.41) is 73.2. The smallest absolute Gasteiger partial charge is 0.341 e.